The molecule has 2 rings (SSSR count). The Balaban J connectivity index is 2.11. The van der Waals surface area contributed by atoms with Gasteiger partial charge in [0.15, 0.2) is 0 Å². The van der Waals surface area contributed by atoms with Gasteiger partial charge in [0.05, 0.1) is 0 Å². The molecule has 0 aromatic heterocycles. The van der Waals surface area contributed by atoms with E-state index in [0.29, 0.717) is 12.1 Å². The first-order chi connectivity index (χ1) is 9.47. The van der Waals surface area contributed by atoms with Gasteiger partial charge in [0.25, 0.3) is 0 Å². The van der Waals surface area contributed by atoms with E-state index >= 15 is 0 Å². The van der Waals surface area contributed by atoms with Crippen molar-refractivity contribution in [2.24, 2.45) is 0 Å². The van der Waals surface area contributed by atoms with Gasteiger partial charge in [0.1, 0.15) is 12.4 Å². The Morgan fingerprint density at radius 3 is 2.35 bits per heavy atom. The minimum absolute atomic E-state index is 0.362. The Hall–Kier alpha value is -1.49. The maximum Gasteiger partial charge on any atom is 0.488 e. The summed E-state index contributed by atoms with van der Waals surface area (Å²) in [5, 5.41) is 19.0. The molecule has 0 saturated heterocycles. The smallest absolute Gasteiger partial charge is 0.488 e. The third-order valence-electron chi connectivity index (χ3n) is 3.06. The monoisotopic (exact) mass is 290 g/mol. The van der Waals surface area contributed by atoms with Gasteiger partial charge in [-0.15, -0.1) is 0 Å². The Morgan fingerprint density at radius 2 is 1.75 bits per heavy atom. The van der Waals surface area contributed by atoms with E-state index in [1.54, 1.807) is 18.2 Å². The largest absolute Gasteiger partial charge is 0.489 e. The molecule has 0 radical (unpaired) electrons. The second kappa shape index (κ2) is 6.31. The van der Waals surface area contributed by atoms with Gasteiger partial charge in [-0.25, -0.2) is 0 Å². The molecule has 2 aromatic carbocycles. The molecule has 20 heavy (non-hydrogen) atoms. The lowest BCUT2D eigenvalue weighted by Crippen LogP contribution is -2.29. The Morgan fingerprint density at radius 1 is 1.10 bits per heavy atom. The second-order valence-corrected chi connectivity index (χ2v) is 5.16. The highest BCUT2D eigenvalue weighted by atomic mass is 35.5. The fourth-order valence-electron chi connectivity index (χ4n) is 2.00. The molecule has 0 unspecified atom stereocenters. The van der Waals surface area contributed by atoms with Crippen molar-refractivity contribution in [2.45, 2.75) is 20.5 Å². The molecule has 0 heterocycles. The minimum atomic E-state index is -1.46. The molecule has 2 N–H and O–H groups in total. The number of aryl methyl sites for hydroxylation is 2. The van der Waals surface area contributed by atoms with Crippen LogP contribution in [0.1, 0.15) is 16.7 Å². The molecule has 2 aromatic rings. The van der Waals surface area contributed by atoms with Crippen molar-refractivity contribution in [2.75, 3.05) is 0 Å². The van der Waals surface area contributed by atoms with E-state index < -0.39 is 7.12 Å². The Bertz CT molecular complexity index is 591. The van der Waals surface area contributed by atoms with Crippen molar-refractivity contribution in [3.8, 4) is 5.75 Å². The maximum absolute atomic E-state index is 9.14. The van der Waals surface area contributed by atoms with Crippen LogP contribution in [-0.4, -0.2) is 17.2 Å². The summed E-state index contributed by atoms with van der Waals surface area (Å²) < 4.78 is 5.72. The van der Waals surface area contributed by atoms with Crippen molar-refractivity contribution < 1.29 is 14.8 Å². The summed E-state index contributed by atoms with van der Waals surface area (Å²) in [7, 11) is -1.46. The zero-order valence-electron chi connectivity index (χ0n) is 11.4. The summed E-state index contributed by atoms with van der Waals surface area (Å²) in [5.41, 5.74) is 3.28. The highest BCUT2D eigenvalue weighted by molar-refractivity contribution is 6.58. The van der Waals surface area contributed by atoms with Crippen LogP contribution in [0.15, 0.2) is 36.4 Å². The number of hydrogen-bond donors (Lipinski definition) is 2. The van der Waals surface area contributed by atoms with Crippen LogP contribution in [0.2, 0.25) is 5.02 Å². The molecule has 0 bridgehead atoms. The third-order valence-corrected chi connectivity index (χ3v) is 3.66. The molecule has 0 spiro atoms. The standard InChI is InChI=1S/C15H16BClO3/c1-10-6-14(7-11(2)15(10)17)20-9-12-4-3-5-13(8-12)16(18)19/h3-8,18-19H,9H2,1-2H3. The van der Waals surface area contributed by atoms with Crippen molar-refractivity contribution in [1.29, 1.82) is 0 Å². The van der Waals surface area contributed by atoms with Gasteiger partial charge >= 0.3 is 7.12 Å². The molecule has 0 aliphatic heterocycles. The van der Waals surface area contributed by atoms with Crippen LogP contribution in [0.4, 0.5) is 0 Å². The van der Waals surface area contributed by atoms with Crippen LogP contribution in [0.5, 0.6) is 5.75 Å². The van der Waals surface area contributed by atoms with E-state index in [-0.39, 0.29) is 0 Å². The number of halogens is 1. The molecular formula is C15H16BClO3. The summed E-state index contributed by atoms with van der Waals surface area (Å²) in [6, 6.07) is 10.8. The van der Waals surface area contributed by atoms with E-state index in [1.807, 2.05) is 32.0 Å². The summed E-state index contributed by atoms with van der Waals surface area (Å²) in [5.74, 6) is 0.749. The first-order valence-electron chi connectivity index (χ1n) is 6.32. The van der Waals surface area contributed by atoms with Gasteiger partial charge in [-0.3, -0.25) is 0 Å². The van der Waals surface area contributed by atoms with Crippen LogP contribution < -0.4 is 10.2 Å². The maximum atomic E-state index is 9.14. The van der Waals surface area contributed by atoms with E-state index in [1.165, 1.54) is 0 Å². The highest BCUT2D eigenvalue weighted by Gasteiger charge is 2.11. The number of rotatable bonds is 4. The number of hydrogen-bond acceptors (Lipinski definition) is 3. The van der Waals surface area contributed by atoms with Crippen molar-refractivity contribution >= 4 is 24.2 Å². The van der Waals surface area contributed by atoms with Gasteiger partial charge in [-0.2, -0.15) is 0 Å². The van der Waals surface area contributed by atoms with Crippen LogP contribution in [-0.2, 0) is 6.61 Å². The van der Waals surface area contributed by atoms with Crippen molar-refractivity contribution in [1.82, 2.24) is 0 Å². The average Bonchev–Trinajstić information content (AvgIpc) is 2.42. The van der Waals surface area contributed by atoms with Crippen molar-refractivity contribution in [3.05, 3.63) is 58.1 Å². The van der Waals surface area contributed by atoms with Gasteiger partial charge in [-0.05, 0) is 48.1 Å². The van der Waals surface area contributed by atoms with Crippen LogP contribution in [0.25, 0.3) is 0 Å². The molecular weight excluding hydrogens is 274 g/mol. The summed E-state index contributed by atoms with van der Waals surface area (Å²) >= 11 is 6.11. The predicted molar refractivity (Wildman–Crippen MR) is 81.5 cm³/mol. The summed E-state index contributed by atoms with van der Waals surface area (Å²) in [6.07, 6.45) is 0. The van der Waals surface area contributed by atoms with E-state index in [4.69, 9.17) is 26.4 Å². The molecule has 0 atom stereocenters. The minimum Gasteiger partial charge on any atom is -0.489 e. The molecule has 0 aliphatic carbocycles. The summed E-state index contributed by atoms with van der Waals surface area (Å²) in [6.45, 7) is 4.23. The molecule has 3 nitrogen and oxygen atoms in total. The molecule has 0 aliphatic rings. The lowest BCUT2D eigenvalue weighted by molar-refractivity contribution is 0.306. The van der Waals surface area contributed by atoms with Crippen LogP contribution in [0, 0.1) is 13.8 Å². The molecule has 0 fully saturated rings. The Labute approximate surface area is 123 Å². The molecule has 5 heteroatoms. The number of ether oxygens (including phenoxy) is 1. The lowest BCUT2D eigenvalue weighted by Gasteiger charge is -2.10. The zero-order valence-corrected chi connectivity index (χ0v) is 12.2. The van der Waals surface area contributed by atoms with Gasteiger partial charge < -0.3 is 14.8 Å². The van der Waals surface area contributed by atoms with Crippen molar-refractivity contribution in [3.63, 3.8) is 0 Å². The molecule has 104 valence electrons. The van der Waals surface area contributed by atoms with E-state index in [0.717, 1.165) is 27.5 Å². The van der Waals surface area contributed by atoms with E-state index in [9.17, 15) is 0 Å². The van der Waals surface area contributed by atoms with E-state index in [2.05, 4.69) is 0 Å². The van der Waals surface area contributed by atoms with Crippen LogP contribution in [0.3, 0.4) is 0 Å². The first-order valence-corrected chi connectivity index (χ1v) is 6.69. The topological polar surface area (TPSA) is 49.7 Å². The number of benzene rings is 2. The third kappa shape index (κ3) is 3.54. The normalized spacial score (nSPS) is 10.4. The average molecular weight is 291 g/mol. The predicted octanol–water partition coefficient (Wildman–Crippen LogP) is 2.22. The Kier molecular flexibility index (Phi) is 4.71. The van der Waals surface area contributed by atoms with Gasteiger partial charge in [0, 0.05) is 5.02 Å². The fourth-order valence-corrected chi connectivity index (χ4v) is 2.11. The SMILES string of the molecule is Cc1cc(OCc2cccc(B(O)O)c2)cc(C)c1Cl. The quantitative estimate of drug-likeness (QED) is 0.849. The summed E-state index contributed by atoms with van der Waals surface area (Å²) in [4.78, 5) is 0. The lowest BCUT2D eigenvalue weighted by atomic mass is 9.80. The van der Waals surface area contributed by atoms with Gasteiger partial charge in [-0.1, -0.05) is 35.9 Å². The molecule has 0 amide bonds. The van der Waals surface area contributed by atoms with Crippen LogP contribution >= 0.6 is 11.6 Å². The first kappa shape index (κ1) is 14.9. The van der Waals surface area contributed by atoms with Gasteiger partial charge in [0.2, 0.25) is 0 Å². The second-order valence-electron chi connectivity index (χ2n) is 4.78. The molecule has 0 saturated carbocycles. The fraction of sp³-hybridized carbons (Fsp3) is 0.200. The highest BCUT2D eigenvalue weighted by Crippen LogP contribution is 2.26. The zero-order chi connectivity index (χ0) is 14.7.